The molecule has 4 heteroatoms. The van der Waals surface area contributed by atoms with Crippen molar-refractivity contribution in [1.29, 1.82) is 0 Å². The number of nitrogens with zero attached hydrogens (tertiary/aromatic N) is 2. The Labute approximate surface area is 216 Å². The van der Waals surface area contributed by atoms with Crippen LogP contribution in [0.3, 0.4) is 0 Å². The summed E-state index contributed by atoms with van der Waals surface area (Å²) < 4.78 is 0. The molecular weight excluding hydrogens is 456 g/mol. The summed E-state index contributed by atoms with van der Waals surface area (Å²) in [6.45, 7) is 1.96. The van der Waals surface area contributed by atoms with Crippen molar-refractivity contribution in [3.63, 3.8) is 0 Å². The number of carboxylic acids is 1. The Morgan fingerprint density at radius 3 is 2.16 bits per heavy atom. The lowest BCUT2D eigenvalue weighted by Crippen LogP contribution is -2.31. The monoisotopic (exact) mass is 482 g/mol. The van der Waals surface area contributed by atoms with Crippen LogP contribution in [-0.4, -0.2) is 27.5 Å². The molecule has 1 aromatic heterocycles. The summed E-state index contributed by atoms with van der Waals surface area (Å²) in [6, 6.07) is 36.6. The minimum absolute atomic E-state index is 0.351. The highest BCUT2D eigenvalue weighted by Gasteiger charge is 2.28. The molecule has 0 saturated carbocycles. The van der Waals surface area contributed by atoms with Crippen LogP contribution in [0, 0.1) is 0 Å². The molecule has 1 aliphatic rings. The zero-order valence-electron chi connectivity index (χ0n) is 20.3. The molecule has 4 aromatic carbocycles. The topological polar surface area (TPSA) is 53.4 Å². The minimum atomic E-state index is -0.914. The van der Waals surface area contributed by atoms with Gasteiger partial charge in [0.25, 0.3) is 0 Å². The number of fused-ring (bicyclic) bond motifs is 2. The zero-order valence-corrected chi connectivity index (χ0v) is 20.3. The lowest BCUT2D eigenvalue weighted by atomic mass is 9.91. The van der Waals surface area contributed by atoms with E-state index >= 15 is 0 Å². The van der Waals surface area contributed by atoms with Crippen LogP contribution in [0.5, 0.6) is 0 Å². The number of aromatic carboxylic acids is 1. The number of aromatic nitrogens is 1. The van der Waals surface area contributed by atoms with E-state index in [1.165, 1.54) is 11.1 Å². The fourth-order valence-electron chi connectivity index (χ4n) is 5.18. The first-order chi connectivity index (χ1) is 18.2. The third kappa shape index (κ3) is 4.67. The van der Waals surface area contributed by atoms with Crippen LogP contribution in [0.4, 0.5) is 0 Å². The van der Waals surface area contributed by atoms with Gasteiger partial charge in [-0.2, -0.15) is 0 Å². The van der Waals surface area contributed by atoms with Crippen LogP contribution in [0.1, 0.15) is 32.7 Å². The van der Waals surface area contributed by atoms with Crippen molar-refractivity contribution in [3.8, 4) is 11.1 Å². The first kappa shape index (κ1) is 22.9. The Balaban J connectivity index is 1.46. The van der Waals surface area contributed by atoms with Gasteiger partial charge in [0.1, 0.15) is 0 Å². The van der Waals surface area contributed by atoms with Gasteiger partial charge in [0, 0.05) is 30.6 Å². The van der Waals surface area contributed by atoms with Crippen LogP contribution in [0.15, 0.2) is 109 Å². The van der Waals surface area contributed by atoms with Gasteiger partial charge in [0.15, 0.2) is 0 Å². The molecule has 0 spiro atoms. The number of rotatable bonds is 5. The minimum Gasteiger partial charge on any atom is -0.478 e. The maximum Gasteiger partial charge on any atom is 0.336 e. The van der Waals surface area contributed by atoms with Gasteiger partial charge in [-0.1, -0.05) is 103 Å². The van der Waals surface area contributed by atoms with E-state index in [4.69, 9.17) is 4.98 Å². The van der Waals surface area contributed by atoms with Gasteiger partial charge < -0.3 is 5.11 Å². The van der Waals surface area contributed by atoms with E-state index in [1.54, 1.807) is 0 Å². The van der Waals surface area contributed by atoms with Crippen LogP contribution < -0.4 is 0 Å². The Bertz CT molecular complexity index is 1610. The van der Waals surface area contributed by atoms with E-state index in [9.17, 15) is 9.90 Å². The molecule has 5 aromatic rings. The number of carboxylic acid groups (broad SMARTS) is 1. The first-order valence-electron chi connectivity index (χ1n) is 12.4. The van der Waals surface area contributed by atoms with Gasteiger partial charge in [-0.15, -0.1) is 0 Å². The molecular formula is C33H26N2O2. The molecule has 1 N–H and O–H groups in total. The number of hydrogen-bond donors (Lipinski definition) is 1. The van der Waals surface area contributed by atoms with Crippen molar-refractivity contribution in [1.82, 2.24) is 9.88 Å². The molecule has 1 aliphatic heterocycles. The molecule has 0 aliphatic carbocycles. The molecule has 0 unspecified atom stereocenters. The Morgan fingerprint density at radius 1 is 0.784 bits per heavy atom. The third-order valence-electron chi connectivity index (χ3n) is 6.89. The van der Waals surface area contributed by atoms with Crippen molar-refractivity contribution in [2.24, 2.45) is 0 Å². The van der Waals surface area contributed by atoms with E-state index in [0.717, 1.165) is 34.5 Å². The molecule has 4 nitrogen and oxygen atoms in total. The first-order valence-corrected chi connectivity index (χ1v) is 12.4. The maximum atomic E-state index is 12.5. The number of hydrogen-bond acceptors (Lipinski definition) is 3. The Hall–Kier alpha value is -4.54. The highest BCUT2D eigenvalue weighted by molar-refractivity contribution is 6.06. The van der Waals surface area contributed by atoms with Gasteiger partial charge in [0.05, 0.1) is 16.8 Å². The fourth-order valence-corrected chi connectivity index (χ4v) is 5.18. The Morgan fingerprint density at radius 2 is 1.43 bits per heavy atom. The lowest BCUT2D eigenvalue weighted by molar-refractivity contribution is 0.0696. The molecule has 0 radical (unpaired) electrons. The van der Waals surface area contributed by atoms with E-state index in [2.05, 4.69) is 59.5 Å². The molecule has 2 heterocycles. The smallest absolute Gasteiger partial charge is 0.336 e. The average molecular weight is 483 g/mol. The highest BCUT2D eigenvalue weighted by atomic mass is 16.4. The lowest BCUT2D eigenvalue weighted by Gasteiger charge is -2.31. The van der Waals surface area contributed by atoms with Crippen molar-refractivity contribution >= 4 is 28.5 Å². The number of para-hydroxylation sites is 1. The molecule has 0 amide bonds. The van der Waals surface area contributed by atoms with Gasteiger partial charge in [-0.25, -0.2) is 9.78 Å². The normalized spacial score (nSPS) is 14.5. The van der Waals surface area contributed by atoms with Gasteiger partial charge in [-0.3, -0.25) is 4.90 Å². The molecule has 0 saturated heterocycles. The van der Waals surface area contributed by atoms with Gasteiger partial charge >= 0.3 is 5.97 Å². The second kappa shape index (κ2) is 9.84. The summed E-state index contributed by atoms with van der Waals surface area (Å²) in [7, 11) is 0. The standard InChI is InChI=1S/C33H26N2O2/c36-33(37)31-28-13-7-8-14-30(28)34-32-27(21-35(22-29(31)32)20-24-9-3-1-4-10-24)19-23-15-17-26(18-16-23)25-11-5-2-6-12-25/h1-19H,20-22H2,(H,36,37)/b27-19-. The summed E-state index contributed by atoms with van der Waals surface area (Å²) in [5.41, 5.74) is 8.25. The highest BCUT2D eigenvalue weighted by Crippen LogP contribution is 2.35. The van der Waals surface area contributed by atoms with Crippen LogP contribution in [0.2, 0.25) is 0 Å². The van der Waals surface area contributed by atoms with E-state index in [-0.39, 0.29) is 0 Å². The van der Waals surface area contributed by atoms with Crippen LogP contribution >= 0.6 is 0 Å². The van der Waals surface area contributed by atoms with Crippen molar-refractivity contribution in [2.75, 3.05) is 6.54 Å². The largest absolute Gasteiger partial charge is 0.478 e. The maximum absolute atomic E-state index is 12.5. The third-order valence-corrected chi connectivity index (χ3v) is 6.89. The average Bonchev–Trinajstić information content (AvgIpc) is 2.93. The number of benzene rings is 4. The SMILES string of the molecule is O=C(O)c1c2c(nc3ccccc13)/C(=C\c1ccc(-c3ccccc3)cc1)CN(Cc1ccccc1)C2. The summed E-state index contributed by atoms with van der Waals surface area (Å²) in [6.07, 6.45) is 2.15. The summed E-state index contributed by atoms with van der Waals surface area (Å²) in [5.74, 6) is -0.914. The van der Waals surface area contributed by atoms with E-state index < -0.39 is 5.97 Å². The molecule has 0 atom stereocenters. The van der Waals surface area contributed by atoms with Crippen molar-refractivity contribution in [3.05, 3.63) is 137 Å². The van der Waals surface area contributed by atoms with Crippen LogP contribution in [0.25, 0.3) is 33.7 Å². The quantitative estimate of drug-likeness (QED) is 0.289. The summed E-state index contributed by atoms with van der Waals surface area (Å²) in [5, 5.41) is 10.9. The zero-order chi connectivity index (χ0) is 25.2. The van der Waals surface area contributed by atoms with E-state index in [0.29, 0.717) is 29.6 Å². The fraction of sp³-hybridized carbons (Fsp3) is 0.0909. The molecule has 6 rings (SSSR count). The van der Waals surface area contributed by atoms with Crippen LogP contribution in [-0.2, 0) is 13.1 Å². The predicted molar refractivity (Wildman–Crippen MR) is 149 cm³/mol. The van der Waals surface area contributed by atoms with Gasteiger partial charge in [-0.05, 0) is 40.0 Å². The molecule has 0 bridgehead atoms. The number of carbonyl (C=O) groups is 1. The van der Waals surface area contributed by atoms with Crippen molar-refractivity contribution in [2.45, 2.75) is 13.1 Å². The molecule has 37 heavy (non-hydrogen) atoms. The summed E-state index contributed by atoms with van der Waals surface area (Å²) in [4.78, 5) is 19.8. The summed E-state index contributed by atoms with van der Waals surface area (Å²) >= 11 is 0. The molecule has 0 fully saturated rings. The molecule has 180 valence electrons. The van der Waals surface area contributed by atoms with E-state index in [1.807, 2.05) is 60.7 Å². The second-order valence-corrected chi connectivity index (χ2v) is 9.42. The predicted octanol–water partition coefficient (Wildman–Crippen LogP) is 7.16. The van der Waals surface area contributed by atoms with Crippen molar-refractivity contribution < 1.29 is 9.90 Å². The number of pyridine rings is 1. The second-order valence-electron chi connectivity index (χ2n) is 9.42. The van der Waals surface area contributed by atoms with Gasteiger partial charge in [0.2, 0.25) is 0 Å². The Kier molecular flexibility index (Phi) is 6.09.